The van der Waals surface area contributed by atoms with Gasteiger partial charge in [-0.2, -0.15) is 0 Å². The molecule has 8 nitrogen and oxygen atoms in total. The largest absolute Gasteiger partial charge is 0.494 e. The monoisotopic (exact) mass is 455 g/mol. The van der Waals surface area contributed by atoms with Crippen LogP contribution in [-0.2, 0) is 9.59 Å². The highest BCUT2D eigenvalue weighted by atomic mass is 32.2. The molecule has 2 amide bonds. The predicted molar refractivity (Wildman–Crippen MR) is 125 cm³/mol. The van der Waals surface area contributed by atoms with Crippen molar-refractivity contribution in [3.63, 3.8) is 0 Å². The van der Waals surface area contributed by atoms with E-state index in [9.17, 15) is 9.59 Å². The Morgan fingerprint density at radius 3 is 2.56 bits per heavy atom. The highest BCUT2D eigenvalue weighted by Crippen LogP contribution is 2.26. The molecular formula is C23H29N5O3S. The van der Waals surface area contributed by atoms with Gasteiger partial charge in [-0.1, -0.05) is 11.8 Å². The van der Waals surface area contributed by atoms with Gasteiger partial charge in [0.25, 0.3) is 0 Å². The quantitative estimate of drug-likeness (QED) is 0.443. The number of hydrogen-bond acceptors (Lipinski definition) is 7. The summed E-state index contributed by atoms with van der Waals surface area (Å²) in [6, 6.07) is 9.65. The Morgan fingerprint density at radius 2 is 1.88 bits per heavy atom. The van der Waals surface area contributed by atoms with E-state index >= 15 is 0 Å². The molecule has 0 radical (unpaired) electrons. The van der Waals surface area contributed by atoms with E-state index in [0.717, 1.165) is 61.1 Å². The number of rotatable bonds is 9. The second-order valence-electron chi connectivity index (χ2n) is 8.05. The van der Waals surface area contributed by atoms with Crippen LogP contribution < -0.4 is 20.3 Å². The number of thioether (sulfide) groups is 1. The van der Waals surface area contributed by atoms with E-state index < -0.39 is 0 Å². The summed E-state index contributed by atoms with van der Waals surface area (Å²) in [5.74, 6) is 2.07. The summed E-state index contributed by atoms with van der Waals surface area (Å²) in [5.41, 5.74) is 0.732. The zero-order valence-electron chi connectivity index (χ0n) is 18.3. The normalized spacial score (nSPS) is 16.5. The van der Waals surface area contributed by atoms with E-state index in [-0.39, 0.29) is 23.5 Å². The summed E-state index contributed by atoms with van der Waals surface area (Å²) >= 11 is 1.38. The molecule has 32 heavy (non-hydrogen) atoms. The topological polar surface area (TPSA) is 96.5 Å². The molecule has 4 rings (SSSR count). The van der Waals surface area contributed by atoms with Crippen molar-refractivity contribution in [3.05, 3.63) is 36.7 Å². The fraction of sp³-hybridized carbons (Fsp3) is 0.478. The van der Waals surface area contributed by atoms with Crippen LogP contribution in [-0.4, -0.2) is 53.3 Å². The predicted octanol–water partition coefficient (Wildman–Crippen LogP) is 3.10. The molecule has 170 valence electrons. The van der Waals surface area contributed by atoms with Gasteiger partial charge >= 0.3 is 0 Å². The Bertz CT molecular complexity index is 927. The first kappa shape index (κ1) is 22.4. The van der Waals surface area contributed by atoms with Crippen molar-refractivity contribution in [2.24, 2.45) is 5.92 Å². The van der Waals surface area contributed by atoms with Crippen molar-refractivity contribution < 1.29 is 14.3 Å². The highest BCUT2D eigenvalue weighted by molar-refractivity contribution is 7.99. The van der Waals surface area contributed by atoms with Crippen molar-refractivity contribution in [1.82, 2.24) is 15.3 Å². The molecule has 1 saturated carbocycles. The maximum Gasteiger partial charge on any atom is 0.234 e. The van der Waals surface area contributed by atoms with Gasteiger partial charge in [-0.3, -0.25) is 9.59 Å². The first-order valence-corrected chi connectivity index (χ1v) is 12.1. The number of nitrogens with zero attached hydrogens (tertiary/aromatic N) is 3. The summed E-state index contributed by atoms with van der Waals surface area (Å²) in [7, 11) is 0. The molecule has 2 heterocycles. The van der Waals surface area contributed by atoms with E-state index in [4.69, 9.17) is 4.74 Å². The van der Waals surface area contributed by atoms with Gasteiger partial charge in [0.15, 0.2) is 0 Å². The number of amides is 2. The van der Waals surface area contributed by atoms with Gasteiger partial charge in [0, 0.05) is 36.8 Å². The van der Waals surface area contributed by atoms with Crippen LogP contribution in [0, 0.1) is 5.92 Å². The maximum atomic E-state index is 12.3. The minimum Gasteiger partial charge on any atom is -0.494 e. The second kappa shape index (κ2) is 10.7. The lowest BCUT2D eigenvalue weighted by atomic mass is 9.96. The number of carbonyl (C=O) groups excluding carboxylic acids is 2. The molecule has 1 saturated heterocycles. The molecule has 2 aromatic rings. The molecule has 2 aliphatic rings. The Balaban J connectivity index is 1.24. The van der Waals surface area contributed by atoms with Gasteiger partial charge in [0.1, 0.15) is 22.9 Å². The first-order chi connectivity index (χ1) is 15.6. The van der Waals surface area contributed by atoms with Crippen molar-refractivity contribution in [1.29, 1.82) is 0 Å². The molecule has 1 aliphatic carbocycles. The molecule has 2 N–H and O–H groups in total. The fourth-order valence-corrected chi connectivity index (χ4v) is 4.30. The number of hydrogen-bond donors (Lipinski definition) is 2. The number of nitrogens with one attached hydrogen (secondary N) is 2. The summed E-state index contributed by atoms with van der Waals surface area (Å²) < 4.78 is 5.41. The number of ether oxygens (including phenoxy) is 1. The van der Waals surface area contributed by atoms with Crippen LogP contribution >= 0.6 is 11.8 Å². The van der Waals surface area contributed by atoms with Crippen molar-refractivity contribution in [2.75, 3.05) is 35.7 Å². The number of carbonyl (C=O) groups is 2. The van der Waals surface area contributed by atoms with Crippen LogP contribution in [0.5, 0.6) is 5.75 Å². The van der Waals surface area contributed by atoms with Gasteiger partial charge in [-0.05, 0) is 56.9 Å². The minimum absolute atomic E-state index is 0.0915. The highest BCUT2D eigenvalue weighted by Gasteiger charge is 2.30. The Labute approximate surface area is 192 Å². The van der Waals surface area contributed by atoms with Crippen LogP contribution in [0.25, 0.3) is 0 Å². The van der Waals surface area contributed by atoms with Gasteiger partial charge < -0.3 is 20.3 Å². The summed E-state index contributed by atoms with van der Waals surface area (Å²) in [4.78, 5) is 35.5. The third-order valence-electron chi connectivity index (χ3n) is 5.54. The zero-order valence-corrected chi connectivity index (χ0v) is 19.1. The first-order valence-electron chi connectivity index (χ1n) is 11.1. The number of aromatic nitrogens is 2. The van der Waals surface area contributed by atoms with E-state index in [1.807, 2.05) is 37.3 Å². The molecule has 0 spiro atoms. The Morgan fingerprint density at radius 1 is 1.12 bits per heavy atom. The van der Waals surface area contributed by atoms with E-state index in [2.05, 4.69) is 25.5 Å². The van der Waals surface area contributed by atoms with E-state index in [1.165, 1.54) is 18.1 Å². The standard InChI is InChI=1S/C23H29N5O3S/c1-2-31-19-7-5-17(6-8-19)26-21(29)14-32-22-13-20(24-15-25-22)28-11-9-16(10-12-28)23(30)27-18-3-4-18/h5-8,13,15-16,18H,2-4,9-12,14H2,1H3,(H,26,29)(H,27,30). The third-order valence-corrected chi connectivity index (χ3v) is 6.47. The maximum absolute atomic E-state index is 12.3. The van der Waals surface area contributed by atoms with Crippen molar-refractivity contribution in [2.45, 2.75) is 43.7 Å². The van der Waals surface area contributed by atoms with Crippen LogP contribution in [0.15, 0.2) is 41.7 Å². The van der Waals surface area contributed by atoms with E-state index in [1.54, 1.807) is 0 Å². The molecule has 9 heteroatoms. The number of benzene rings is 1. The summed E-state index contributed by atoms with van der Waals surface area (Å²) in [6.45, 7) is 4.13. The Kier molecular flexibility index (Phi) is 7.47. The summed E-state index contributed by atoms with van der Waals surface area (Å²) in [5, 5.41) is 6.75. The van der Waals surface area contributed by atoms with Gasteiger partial charge in [0.05, 0.1) is 12.4 Å². The lowest BCUT2D eigenvalue weighted by molar-refractivity contribution is -0.125. The third kappa shape index (κ3) is 6.35. The molecule has 0 atom stereocenters. The van der Waals surface area contributed by atoms with Crippen molar-refractivity contribution >= 4 is 35.1 Å². The molecule has 2 fully saturated rings. The fourth-order valence-electron chi connectivity index (χ4n) is 3.64. The van der Waals surface area contributed by atoms with Crippen LogP contribution in [0.1, 0.15) is 32.6 Å². The lowest BCUT2D eigenvalue weighted by Gasteiger charge is -2.32. The average molecular weight is 456 g/mol. The van der Waals surface area contributed by atoms with Crippen LogP contribution in [0.4, 0.5) is 11.5 Å². The molecule has 1 aromatic heterocycles. The van der Waals surface area contributed by atoms with Crippen LogP contribution in [0.2, 0.25) is 0 Å². The number of piperidine rings is 1. The molecular weight excluding hydrogens is 426 g/mol. The summed E-state index contributed by atoms with van der Waals surface area (Å²) in [6.07, 6.45) is 5.42. The Hall–Kier alpha value is -2.81. The molecule has 0 unspecified atom stereocenters. The molecule has 0 bridgehead atoms. The van der Waals surface area contributed by atoms with E-state index in [0.29, 0.717) is 12.6 Å². The molecule has 1 aliphatic heterocycles. The number of anilines is 2. The van der Waals surface area contributed by atoms with Crippen LogP contribution in [0.3, 0.4) is 0 Å². The van der Waals surface area contributed by atoms with Crippen molar-refractivity contribution in [3.8, 4) is 5.75 Å². The van der Waals surface area contributed by atoms with Gasteiger partial charge in [0.2, 0.25) is 11.8 Å². The average Bonchev–Trinajstić information content (AvgIpc) is 3.63. The SMILES string of the molecule is CCOc1ccc(NC(=O)CSc2cc(N3CCC(C(=O)NC4CC4)CC3)ncn2)cc1. The van der Waals surface area contributed by atoms with Gasteiger partial charge in [-0.15, -0.1) is 0 Å². The van der Waals surface area contributed by atoms with Gasteiger partial charge in [-0.25, -0.2) is 9.97 Å². The second-order valence-corrected chi connectivity index (χ2v) is 9.05. The molecule has 1 aromatic carbocycles. The lowest BCUT2D eigenvalue weighted by Crippen LogP contribution is -2.41. The zero-order chi connectivity index (χ0) is 22.3. The minimum atomic E-state index is -0.0955. The smallest absolute Gasteiger partial charge is 0.234 e.